The Bertz CT molecular complexity index is 1160. The largest absolute Gasteiger partial charge is 0.507 e. The van der Waals surface area contributed by atoms with Crippen molar-refractivity contribution < 1.29 is 33.8 Å². The van der Waals surface area contributed by atoms with E-state index in [1.807, 2.05) is 0 Å². The summed E-state index contributed by atoms with van der Waals surface area (Å²) >= 11 is 6.26. The maximum Gasteiger partial charge on any atom is 0.338 e. The van der Waals surface area contributed by atoms with Crippen LogP contribution < -0.4 is 4.74 Å². The number of halogens is 1. The fourth-order valence-electron chi connectivity index (χ4n) is 4.15. The molecule has 4 rings (SSSR count). The molecule has 0 radical (unpaired) electrons. The Balaban J connectivity index is 2.05. The summed E-state index contributed by atoms with van der Waals surface area (Å²) in [5.41, 5.74) is -0.110. The normalized spacial score (nSPS) is 19.7. The van der Waals surface area contributed by atoms with Crippen molar-refractivity contribution in [2.75, 3.05) is 14.2 Å². The lowest BCUT2D eigenvalue weighted by atomic mass is 9.74. The van der Waals surface area contributed by atoms with E-state index in [2.05, 4.69) is 0 Å². The summed E-state index contributed by atoms with van der Waals surface area (Å²) in [4.78, 5) is 51.7. The van der Waals surface area contributed by atoms with E-state index in [1.54, 1.807) is 6.92 Å². The fraction of sp³-hybridized carbons (Fsp3) is 0.273. The van der Waals surface area contributed by atoms with Gasteiger partial charge in [-0.25, -0.2) is 4.79 Å². The molecule has 0 heterocycles. The van der Waals surface area contributed by atoms with Crippen molar-refractivity contribution in [2.24, 2.45) is 5.92 Å². The molecule has 0 saturated carbocycles. The van der Waals surface area contributed by atoms with Crippen LogP contribution in [-0.2, 0) is 11.2 Å². The molecule has 0 amide bonds. The second kappa shape index (κ2) is 6.95. The minimum absolute atomic E-state index is 0.0100. The molecule has 154 valence electrons. The molecular weight excluding hydrogens is 412 g/mol. The summed E-state index contributed by atoms with van der Waals surface area (Å²) in [5, 5.41) is 9.72. The zero-order chi connectivity index (χ0) is 21.9. The number of carbonyl (C=O) groups is 4. The first-order valence-electron chi connectivity index (χ1n) is 9.18. The number of hydrogen-bond donors (Lipinski definition) is 1. The van der Waals surface area contributed by atoms with Gasteiger partial charge in [-0.1, -0.05) is 6.92 Å². The van der Waals surface area contributed by atoms with Crippen molar-refractivity contribution in [3.05, 3.63) is 57.1 Å². The van der Waals surface area contributed by atoms with Gasteiger partial charge in [0.2, 0.25) is 5.78 Å². The molecule has 0 aromatic heterocycles. The van der Waals surface area contributed by atoms with Crippen LogP contribution in [0.4, 0.5) is 0 Å². The number of Topliss-reactive ketones (excluding diaryl/α,β-unsaturated/α-hetero) is 1. The highest BCUT2D eigenvalue weighted by Crippen LogP contribution is 2.43. The van der Waals surface area contributed by atoms with Gasteiger partial charge in [-0.2, -0.15) is 0 Å². The molecule has 2 unspecified atom stereocenters. The number of rotatable bonds is 2. The minimum Gasteiger partial charge on any atom is -0.507 e. The van der Waals surface area contributed by atoms with Crippen molar-refractivity contribution in [1.29, 1.82) is 0 Å². The SMILES string of the molecule is COC(=O)c1cc(OC)c2c(c1)C(=O)c1c(c(O)cc3c1C(=O)C(Cl)C(C)C3)C2=O. The highest BCUT2D eigenvalue weighted by Gasteiger charge is 2.43. The van der Waals surface area contributed by atoms with E-state index in [1.165, 1.54) is 32.4 Å². The molecule has 2 aliphatic rings. The Labute approximate surface area is 176 Å². The lowest BCUT2D eigenvalue weighted by Gasteiger charge is -2.30. The van der Waals surface area contributed by atoms with Gasteiger partial charge in [0.05, 0.1) is 36.3 Å². The number of fused-ring (bicyclic) bond motifs is 4. The predicted octanol–water partition coefficient (Wildman–Crippen LogP) is 2.95. The van der Waals surface area contributed by atoms with Crippen LogP contribution in [0.15, 0.2) is 18.2 Å². The Morgan fingerprint density at radius 2 is 1.73 bits per heavy atom. The van der Waals surface area contributed by atoms with Crippen LogP contribution in [0.2, 0.25) is 0 Å². The van der Waals surface area contributed by atoms with E-state index in [4.69, 9.17) is 21.1 Å². The second-order valence-electron chi connectivity index (χ2n) is 7.38. The zero-order valence-electron chi connectivity index (χ0n) is 16.4. The van der Waals surface area contributed by atoms with E-state index in [9.17, 15) is 24.3 Å². The summed E-state index contributed by atoms with van der Waals surface area (Å²) in [5.74, 6) is -3.12. The van der Waals surface area contributed by atoms with Crippen molar-refractivity contribution in [1.82, 2.24) is 0 Å². The molecule has 0 aliphatic heterocycles. The van der Waals surface area contributed by atoms with Crippen LogP contribution >= 0.6 is 11.6 Å². The van der Waals surface area contributed by atoms with Crippen LogP contribution in [0.5, 0.6) is 11.5 Å². The van der Waals surface area contributed by atoms with Gasteiger partial charge in [-0.3, -0.25) is 14.4 Å². The predicted molar refractivity (Wildman–Crippen MR) is 106 cm³/mol. The highest BCUT2D eigenvalue weighted by molar-refractivity contribution is 6.38. The monoisotopic (exact) mass is 428 g/mol. The third-order valence-corrected chi connectivity index (χ3v) is 6.22. The Kier molecular flexibility index (Phi) is 4.66. The van der Waals surface area contributed by atoms with Crippen molar-refractivity contribution in [2.45, 2.75) is 18.7 Å². The summed E-state index contributed by atoms with van der Waals surface area (Å²) in [7, 11) is 2.48. The summed E-state index contributed by atoms with van der Waals surface area (Å²) in [6, 6.07) is 3.87. The third kappa shape index (κ3) is 2.65. The number of hydrogen-bond acceptors (Lipinski definition) is 7. The average molecular weight is 429 g/mol. The number of alkyl halides is 1. The van der Waals surface area contributed by atoms with Crippen molar-refractivity contribution in [3.63, 3.8) is 0 Å². The lowest BCUT2D eigenvalue weighted by molar-refractivity contribution is 0.0599. The third-order valence-electron chi connectivity index (χ3n) is 5.60. The summed E-state index contributed by atoms with van der Waals surface area (Å²) in [6.07, 6.45) is 0.371. The van der Waals surface area contributed by atoms with Gasteiger partial charge < -0.3 is 14.6 Å². The molecule has 7 nitrogen and oxygen atoms in total. The van der Waals surface area contributed by atoms with E-state index < -0.39 is 28.7 Å². The van der Waals surface area contributed by atoms with Crippen LogP contribution in [0, 0.1) is 5.92 Å². The molecule has 2 atom stereocenters. The Morgan fingerprint density at radius 3 is 2.37 bits per heavy atom. The van der Waals surface area contributed by atoms with E-state index in [0.717, 1.165) is 0 Å². The van der Waals surface area contributed by atoms with Crippen LogP contribution in [0.3, 0.4) is 0 Å². The summed E-state index contributed by atoms with van der Waals surface area (Å²) in [6.45, 7) is 1.80. The number of aromatic hydroxyl groups is 1. The lowest BCUT2D eigenvalue weighted by Crippen LogP contribution is -2.35. The van der Waals surface area contributed by atoms with Gasteiger partial charge in [-0.15, -0.1) is 11.6 Å². The number of benzene rings is 2. The Morgan fingerprint density at radius 1 is 1.03 bits per heavy atom. The fourth-order valence-corrected chi connectivity index (χ4v) is 4.35. The topological polar surface area (TPSA) is 107 Å². The molecule has 2 aliphatic carbocycles. The molecule has 0 bridgehead atoms. The standard InChI is InChI=1S/C22H17ClO7/c1-8-4-9-6-12(24)16-17(14(9)21(27)18(8)23)19(25)11-5-10(22(28)30-3)7-13(29-2)15(11)20(16)26/h5-8,18,24H,4H2,1-3H3. The van der Waals surface area contributed by atoms with Gasteiger partial charge in [0, 0.05) is 16.7 Å². The number of phenolic OH excluding ortho intramolecular Hbond substituents is 1. The number of phenols is 1. The number of ether oxygens (including phenoxy) is 2. The Hall–Kier alpha value is -3.19. The highest BCUT2D eigenvalue weighted by atomic mass is 35.5. The number of esters is 1. The van der Waals surface area contributed by atoms with Gasteiger partial charge in [0.15, 0.2) is 11.6 Å². The van der Waals surface area contributed by atoms with E-state index >= 15 is 0 Å². The van der Waals surface area contributed by atoms with Crippen LogP contribution in [0.1, 0.15) is 65.0 Å². The van der Waals surface area contributed by atoms with Gasteiger partial charge in [0.1, 0.15) is 11.5 Å². The van der Waals surface area contributed by atoms with Crippen molar-refractivity contribution in [3.8, 4) is 11.5 Å². The molecule has 30 heavy (non-hydrogen) atoms. The quantitative estimate of drug-likeness (QED) is 0.494. The first-order valence-corrected chi connectivity index (χ1v) is 9.61. The van der Waals surface area contributed by atoms with Crippen LogP contribution in [-0.4, -0.2) is 48.0 Å². The van der Waals surface area contributed by atoms with Crippen LogP contribution in [0.25, 0.3) is 0 Å². The van der Waals surface area contributed by atoms with Crippen molar-refractivity contribution >= 4 is 34.9 Å². The first-order chi connectivity index (χ1) is 14.2. The number of carbonyl (C=O) groups excluding carboxylic acids is 4. The average Bonchev–Trinajstić information content (AvgIpc) is 2.73. The number of ketones is 3. The molecule has 2 aromatic rings. The summed E-state index contributed by atoms with van der Waals surface area (Å²) < 4.78 is 9.94. The zero-order valence-corrected chi connectivity index (χ0v) is 17.1. The number of methoxy groups -OCH3 is 2. The maximum absolute atomic E-state index is 13.5. The molecule has 0 fully saturated rings. The molecule has 0 spiro atoms. The molecule has 8 heteroatoms. The van der Waals surface area contributed by atoms with E-state index in [-0.39, 0.29) is 50.8 Å². The smallest absolute Gasteiger partial charge is 0.338 e. The van der Waals surface area contributed by atoms with Gasteiger partial charge in [0.25, 0.3) is 0 Å². The molecule has 0 saturated heterocycles. The molecule has 1 N–H and O–H groups in total. The first kappa shape index (κ1) is 20.1. The minimum atomic E-state index is -0.855. The second-order valence-corrected chi connectivity index (χ2v) is 7.85. The van der Waals surface area contributed by atoms with E-state index in [0.29, 0.717) is 12.0 Å². The van der Waals surface area contributed by atoms with Gasteiger partial charge in [-0.05, 0) is 36.1 Å². The molecular formula is C22H17ClO7. The molecule has 2 aromatic carbocycles. The maximum atomic E-state index is 13.5. The van der Waals surface area contributed by atoms with Gasteiger partial charge >= 0.3 is 5.97 Å².